The van der Waals surface area contributed by atoms with E-state index in [0.29, 0.717) is 0 Å². The van der Waals surface area contributed by atoms with Crippen LogP contribution in [0.15, 0.2) is 78.9 Å². The van der Waals surface area contributed by atoms with Gasteiger partial charge in [-0.25, -0.2) is 9.97 Å². The van der Waals surface area contributed by atoms with E-state index in [-0.39, 0.29) is 0 Å². The maximum absolute atomic E-state index is 4.93. The molecule has 150 valence electrons. The summed E-state index contributed by atoms with van der Waals surface area (Å²) in [7, 11) is 0. The Bertz CT molecular complexity index is 950. The summed E-state index contributed by atoms with van der Waals surface area (Å²) in [6.45, 7) is 6.52. The maximum Gasteiger partial charge on any atom is 0.160 e. The topological polar surface area (TPSA) is 25.8 Å². The van der Waals surface area contributed by atoms with Gasteiger partial charge >= 0.3 is 0 Å². The largest absolute Gasteiger partial charge is 0.228 e. The Morgan fingerprint density at radius 2 is 0.800 bits per heavy atom. The summed E-state index contributed by atoms with van der Waals surface area (Å²) < 4.78 is 0. The second-order valence-corrected chi connectivity index (χ2v) is 7.61. The van der Waals surface area contributed by atoms with Gasteiger partial charge in [0.25, 0.3) is 0 Å². The average Bonchev–Trinajstić information content (AvgIpc) is 2.84. The van der Waals surface area contributed by atoms with Gasteiger partial charge in [-0.2, -0.15) is 0 Å². The van der Waals surface area contributed by atoms with Crippen LogP contribution in [-0.2, 0) is 19.3 Å². The predicted octanol–water partition coefficient (Wildman–Crippen LogP) is 7.16. The van der Waals surface area contributed by atoms with Crippen LogP contribution >= 0.6 is 0 Å². The first kappa shape index (κ1) is 20.0. The molecular formula is C28H28N2. The van der Waals surface area contributed by atoms with Crippen LogP contribution in [0.4, 0.5) is 0 Å². The summed E-state index contributed by atoms with van der Waals surface area (Å²) in [6.07, 6.45) is 3.10. The lowest BCUT2D eigenvalue weighted by molar-refractivity contribution is 1.13. The number of rotatable bonds is 6. The summed E-state index contributed by atoms with van der Waals surface area (Å²) >= 11 is 0. The molecule has 0 fully saturated rings. The first-order valence-electron chi connectivity index (χ1n) is 10.9. The molecular weight excluding hydrogens is 364 g/mol. The van der Waals surface area contributed by atoms with Gasteiger partial charge in [0, 0.05) is 16.7 Å². The Labute approximate surface area is 179 Å². The molecule has 0 amide bonds. The lowest BCUT2D eigenvalue weighted by Gasteiger charge is -2.10. The third kappa shape index (κ3) is 4.33. The fourth-order valence-electron chi connectivity index (χ4n) is 3.58. The van der Waals surface area contributed by atoms with Gasteiger partial charge in [0.2, 0.25) is 0 Å². The van der Waals surface area contributed by atoms with Gasteiger partial charge in [-0.3, -0.25) is 0 Å². The number of aryl methyl sites for hydroxylation is 3. The van der Waals surface area contributed by atoms with Crippen molar-refractivity contribution in [3.63, 3.8) is 0 Å². The van der Waals surface area contributed by atoms with Gasteiger partial charge in [0.05, 0.1) is 11.4 Å². The van der Waals surface area contributed by atoms with Gasteiger partial charge in [0.15, 0.2) is 5.82 Å². The number of hydrogen-bond acceptors (Lipinski definition) is 2. The van der Waals surface area contributed by atoms with Crippen LogP contribution < -0.4 is 0 Å². The quantitative estimate of drug-likeness (QED) is 0.348. The van der Waals surface area contributed by atoms with Crippen molar-refractivity contribution in [3.8, 4) is 33.9 Å². The van der Waals surface area contributed by atoms with Gasteiger partial charge < -0.3 is 0 Å². The summed E-state index contributed by atoms with van der Waals surface area (Å²) in [5.41, 5.74) is 9.18. The lowest BCUT2D eigenvalue weighted by Crippen LogP contribution is -1.96. The number of aromatic nitrogens is 2. The van der Waals surface area contributed by atoms with Crippen LogP contribution in [0.2, 0.25) is 0 Å². The Hall–Kier alpha value is -3.26. The Morgan fingerprint density at radius 3 is 1.13 bits per heavy atom. The molecule has 2 nitrogen and oxygen atoms in total. The molecule has 1 aromatic heterocycles. The fraction of sp³-hybridized carbons (Fsp3) is 0.214. The molecule has 3 aromatic carbocycles. The van der Waals surface area contributed by atoms with E-state index in [2.05, 4.69) is 99.6 Å². The SMILES string of the molecule is CCc1ccc(-c2cc(-c3ccc(CC)cc3)nc(-c3ccc(CC)cc3)n2)cc1. The van der Waals surface area contributed by atoms with Crippen molar-refractivity contribution >= 4 is 0 Å². The van der Waals surface area contributed by atoms with E-state index < -0.39 is 0 Å². The van der Waals surface area contributed by atoms with E-state index in [9.17, 15) is 0 Å². The van der Waals surface area contributed by atoms with Crippen molar-refractivity contribution < 1.29 is 0 Å². The van der Waals surface area contributed by atoms with Crippen LogP contribution in [-0.4, -0.2) is 9.97 Å². The van der Waals surface area contributed by atoms with E-state index in [1.807, 2.05) is 0 Å². The second kappa shape index (κ2) is 9.04. The number of hydrogen-bond donors (Lipinski definition) is 0. The molecule has 0 radical (unpaired) electrons. The number of nitrogens with zero attached hydrogens (tertiary/aromatic N) is 2. The van der Waals surface area contributed by atoms with Crippen LogP contribution in [0.25, 0.3) is 33.9 Å². The Morgan fingerprint density at radius 1 is 0.467 bits per heavy atom. The minimum absolute atomic E-state index is 0.768. The molecule has 2 heteroatoms. The van der Waals surface area contributed by atoms with Crippen molar-refractivity contribution in [2.45, 2.75) is 40.0 Å². The van der Waals surface area contributed by atoms with E-state index in [1.54, 1.807) is 0 Å². The molecule has 0 aliphatic heterocycles. The van der Waals surface area contributed by atoms with E-state index >= 15 is 0 Å². The van der Waals surface area contributed by atoms with Crippen molar-refractivity contribution in [2.24, 2.45) is 0 Å². The fourth-order valence-corrected chi connectivity index (χ4v) is 3.58. The van der Waals surface area contributed by atoms with Crippen LogP contribution in [0, 0.1) is 0 Å². The highest BCUT2D eigenvalue weighted by molar-refractivity contribution is 5.72. The monoisotopic (exact) mass is 392 g/mol. The third-order valence-corrected chi connectivity index (χ3v) is 5.66. The molecule has 30 heavy (non-hydrogen) atoms. The zero-order valence-electron chi connectivity index (χ0n) is 18.0. The van der Waals surface area contributed by atoms with Gasteiger partial charge in [-0.15, -0.1) is 0 Å². The molecule has 0 unspecified atom stereocenters. The van der Waals surface area contributed by atoms with Crippen LogP contribution in [0.5, 0.6) is 0 Å². The van der Waals surface area contributed by atoms with Gasteiger partial charge in [0.1, 0.15) is 0 Å². The first-order valence-corrected chi connectivity index (χ1v) is 10.9. The van der Waals surface area contributed by atoms with E-state index in [4.69, 9.17) is 9.97 Å². The van der Waals surface area contributed by atoms with Crippen LogP contribution in [0.1, 0.15) is 37.5 Å². The molecule has 0 saturated carbocycles. The van der Waals surface area contributed by atoms with Crippen molar-refractivity contribution in [2.75, 3.05) is 0 Å². The minimum Gasteiger partial charge on any atom is -0.228 e. The molecule has 4 aromatic rings. The van der Waals surface area contributed by atoms with E-state index in [0.717, 1.165) is 53.2 Å². The highest BCUT2D eigenvalue weighted by atomic mass is 14.9. The van der Waals surface area contributed by atoms with Gasteiger partial charge in [-0.1, -0.05) is 93.6 Å². The average molecular weight is 393 g/mol. The summed E-state index contributed by atoms with van der Waals surface area (Å²) in [4.78, 5) is 9.87. The summed E-state index contributed by atoms with van der Waals surface area (Å²) in [6, 6.07) is 28.1. The zero-order chi connectivity index (χ0) is 20.9. The molecule has 0 N–H and O–H groups in total. The third-order valence-electron chi connectivity index (χ3n) is 5.66. The molecule has 0 aliphatic carbocycles. The van der Waals surface area contributed by atoms with Gasteiger partial charge in [-0.05, 0) is 42.0 Å². The molecule has 0 bridgehead atoms. The zero-order valence-corrected chi connectivity index (χ0v) is 18.0. The second-order valence-electron chi connectivity index (χ2n) is 7.61. The van der Waals surface area contributed by atoms with E-state index in [1.165, 1.54) is 16.7 Å². The molecule has 0 spiro atoms. The van der Waals surface area contributed by atoms with Crippen LogP contribution in [0.3, 0.4) is 0 Å². The minimum atomic E-state index is 0.768. The first-order chi connectivity index (χ1) is 14.7. The summed E-state index contributed by atoms with van der Waals surface area (Å²) in [5, 5.41) is 0. The molecule has 4 rings (SSSR count). The summed E-state index contributed by atoms with van der Waals surface area (Å²) in [5.74, 6) is 0.768. The molecule has 0 aliphatic rings. The normalized spacial score (nSPS) is 10.9. The Balaban J connectivity index is 1.83. The maximum atomic E-state index is 4.93. The lowest BCUT2D eigenvalue weighted by atomic mass is 10.0. The molecule has 0 saturated heterocycles. The predicted molar refractivity (Wildman–Crippen MR) is 126 cm³/mol. The highest BCUT2D eigenvalue weighted by Crippen LogP contribution is 2.28. The standard InChI is InChI=1S/C28H28N2/c1-4-20-7-13-23(14-8-20)26-19-27(24-15-9-21(5-2)10-16-24)30-28(29-26)25-17-11-22(6-3)12-18-25/h7-19H,4-6H2,1-3H3. The Kier molecular flexibility index (Phi) is 6.04. The van der Waals surface area contributed by atoms with Crippen molar-refractivity contribution in [1.29, 1.82) is 0 Å². The smallest absolute Gasteiger partial charge is 0.160 e. The molecule has 1 heterocycles. The van der Waals surface area contributed by atoms with Crippen molar-refractivity contribution in [1.82, 2.24) is 9.97 Å². The highest BCUT2D eigenvalue weighted by Gasteiger charge is 2.11. The van der Waals surface area contributed by atoms with Crippen molar-refractivity contribution in [3.05, 3.63) is 95.6 Å². The molecule has 0 atom stereocenters. The number of benzene rings is 3.